The first-order chi connectivity index (χ1) is 14.4. The molecule has 6 nitrogen and oxygen atoms in total. The quantitative estimate of drug-likeness (QED) is 0.450. The van der Waals surface area contributed by atoms with E-state index in [-0.39, 0.29) is 24.4 Å². The van der Waals surface area contributed by atoms with Crippen LogP contribution in [0.3, 0.4) is 0 Å². The lowest BCUT2D eigenvalue weighted by Crippen LogP contribution is -2.26. The Morgan fingerprint density at radius 2 is 1.73 bits per heavy atom. The normalized spacial score (nSPS) is 10.4. The summed E-state index contributed by atoms with van der Waals surface area (Å²) >= 11 is 0. The molecular weight excluding hydrogens is 394 g/mol. The van der Waals surface area contributed by atoms with Gasteiger partial charge in [0.2, 0.25) is 5.91 Å². The summed E-state index contributed by atoms with van der Waals surface area (Å²) in [4.78, 5) is 35.7. The van der Waals surface area contributed by atoms with Crippen LogP contribution in [0.5, 0.6) is 0 Å². The van der Waals surface area contributed by atoms with Crippen LogP contribution in [0.25, 0.3) is 0 Å². The molecule has 0 saturated carbocycles. The SMILES string of the molecule is CCCCOC(=O)c1ccc(NC(=O)CCCNC(=O)c2ccc(F)cc2F)cc1. The van der Waals surface area contributed by atoms with Crippen molar-refractivity contribution in [2.24, 2.45) is 0 Å². The summed E-state index contributed by atoms with van der Waals surface area (Å²) in [5, 5.41) is 5.18. The van der Waals surface area contributed by atoms with Gasteiger partial charge in [-0.15, -0.1) is 0 Å². The maximum Gasteiger partial charge on any atom is 0.338 e. The molecule has 0 radical (unpaired) electrons. The van der Waals surface area contributed by atoms with Gasteiger partial charge < -0.3 is 15.4 Å². The van der Waals surface area contributed by atoms with Gasteiger partial charge in [-0.05, 0) is 49.2 Å². The predicted molar refractivity (Wildman–Crippen MR) is 108 cm³/mol. The van der Waals surface area contributed by atoms with Gasteiger partial charge in [-0.25, -0.2) is 13.6 Å². The minimum Gasteiger partial charge on any atom is -0.462 e. The van der Waals surface area contributed by atoms with Crippen molar-refractivity contribution in [3.63, 3.8) is 0 Å². The number of ether oxygens (including phenoxy) is 1. The average Bonchev–Trinajstić information content (AvgIpc) is 2.71. The maximum atomic E-state index is 13.5. The Bertz CT molecular complexity index is 885. The van der Waals surface area contributed by atoms with Crippen molar-refractivity contribution in [2.75, 3.05) is 18.5 Å². The summed E-state index contributed by atoms with van der Waals surface area (Å²) in [6.45, 7) is 2.54. The average molecular weight is 418 g/mol. The number of carbonyl (C=O) groups is 3. The van der Waals surface area contributed by atoms with Gasteiger partial charge in [-0.1, -0.05) is 13.3 Å². The van der Waals surface area contributed by atoms with Crippen LogP contribution in [0, 0.1) is 11.6 Å². The molecule has 0 fully saturated rings. The minimum atomic E-state index is -0.942. The van der Waals surface area contributed by atoms with Crippen LogP contribution in [0.1, 0.15) is 53.3 Å². The number of unbranched alkanes of at least 4 members (excludes halogenated alkanes) is 1. The lowest BCUT2D eigenvalue weighted by Gasteiger charge is -2.08. The third-order valence-electron chi connectivity index (χ3n) is 4.18. The Morgan fingerprint density at radius 1 is 1.00 bits per heavy atom. The fourth-order valence-corrected chi connectivity index (χ4v) is 2.53. The van der Waals surface area contributed by atoms with Gasteiger partial charge in [-0.2, -0.15) is 0 Å². The Morgan fingerprint density at radius 3 is 2.40 bits per heavy atom. The van der Waals surface area contributed by atoms with Gasteiger partial charge in [0.15, 0.2) is 0 Å². The lowest BCUT2D eigenvalue weighted by atomic mass is 10.2. The monoisotopic (exact) mass is 418 g/mol. The summed E-state index contributed by atoms with van der Waals surface area (Å²) < 4.78 is 31.5. The molecule has 160 valence electrons. The van der Waals surface area contributed by atoms with E-state index in [1.165, 1.54) is 0 Å². The van der Waals surface area contributed by atoms with Gasteiger partial charge in [0.25, 0.3) is 5.91 Å². The van der Waals surface area contributed by atoms with Gasteiger partial charge in [-0.3, -0.25) is 9.59 Å². The Kier molecular flexibility index (Phi) is 8.93. The van der Waals surface area contributed by atoms with Gasteiger partial charge in [0.05, 0.1) is 17.7 Å². The van der Waals surface area contributed by atoms with Crippen molar-refractivity contribution in [1.82, 2.24) is 5.32 Å². The molecule has 2 rings (SSSR count). The van der Waals surface area contributed by atoms with E-state index in [0.29, 0.717) is 30.3 Å². The topological polar surface area (TPSA) is 84.5 Å². The highest BCUT2D eigenvalue weighted by molar-refractivity contribution is 5.95. The van der Waals surface area contributed by atoms with Crippen molar-refractivity contribution in [3.05, 3.63) is 65.2 Å². The van der Waals surface area contributed by atoms with E-state index in [1.54, 1.807) is 24.3 Å². The Hall–Kier alpha value is -3.29. The number of hydrogen-bond acceptors (Lipinski definition) is 4. The highest BCUT2D eigenvalue weighted by Gasteiger charge is 2.12. The van der Waals surface area contributed by atoms with E-state index >= 15 is 0 Å². The number of amides is 2. The van der Waals surface area contributed by atoms with Crippen LogP contribution in [0.2, 0.25) is 0 Å². The molecule has 0 aromatic heterocycles. The first-order valence-corrected chi connectivity index (χ1v) is 9.71. The van der Waals surface area contributed by atoms with Crippen LogP contribution in [0.15, 0.2) is 42.5 Å². The van der Waals surface area contributed by atoms with Crippen LogP contribution in [-0.4, -0.2) is 30.9 Å². The molecule has 0 spiro atoms. The fraction of sp³-hybridized carbons (Fsp3) is 0.318. The summed E-state index contributed by atoms with van der Waals surface area (Å²) in [6.07, 6.45) is 2.21. The third kappa shape index (κ3) is 7.27. The molecule has 2 amide bonds. The highest BCUT2D eigenvalue weighted by atomic mass is 19.1. The molecule has 2 aromatic carbocycles. The van der Waals surface area contributed by atoms with Crippen molar-refractivity contribution in [2.45, 2.75) is 32.6 Å². The number of hydrogen-bond donors (Lipinski definition) is 2. The fourth-order valence-electron chi connectivity index (χ4n) is 2.53. The number of anilines is 1. The molecule has 0 saturated heterocycles. The van der Waals surface area contributed by atoms with Gasteiger partial charge in [0, 0.05) is 24.7 Å². The number of halogens is 2. The maximum absolute atomic E-state index is 13.5. The Labute approximate surface area is 173 Å². The zero-order chi connectivity index (χ0) is 21.9. The molecule has 0 bridgehead atoms. The molecule has 0 aliphatic rings. The molecule has 30 heavy (non-hydrogen) atoms. The molecule has 8 heteroatoms. The minimum absolute atomic E-state index is 0.132. The number of rotatable bonds is 10. The summed E-state index contributed by atoms with van der Waals surface area (Å²) in [5.41, 5.74) is 0.677. The second-order valence-electron chi connectivity index (χ2n) is 6.60. The van der Waals surface area contributed by atoms with Crippen molar-refractivity contribution >= 4 is 23.5 Å². The molecule has 0 atom stereocenters. The van der Waals surface area contributed by atoms with E-state index in [0.717, 1.165) is 25.0 Å². The third-order valence-corrected chi connectivity index (χ3v) is 4.18. The summed E-state index contributed by atoms with van der Waals surface area (Å²) in [5.74, 6) is -3.05. The van der Waals surface area contributed by atoms with Crippen LogP contribution >= 0.6 is 0 Å². The van der Waals surface area contributed by atoms with Crippen molar-refractivity contribution in [1.29, 1.82) is 0 Å². The predicted octanol–water partition coefficient (Wildman–Crippen LogP) is 4.07. The molecule has 0 heterocycles. The van der Waals surface area contributed by atoms with E-state index < -0.39 is 23.5 Å². The first kappa shape index (κ1) is 23.0. The molecule has 2 N–H and O–H groups in total. The van der Waals surface area contributed by atoms with Crippen molar-refractivity contribution < 1.29 is 27.9 Å². The number of benzene rings is 2. The smallest absolute Gasteiger partial charge is 0.338 e. The van der Waals surface area contributed by atoms with E-state index in [1.807, 2.05) is 6.92 Å². The molecule has 0 aliphatic heterocycles. The molecule has 0 aliphatic carbocycles. The van der Waals surface area contributed by atoms with Gasteiger partial charge in [0.1, 0.15) is 11.6 Å². The standard InChI is InChI=1S/C22H24F2N2O4/c1-2-3-13-30-22(29)15-6-9-17(10-7-15)26-20(27)5-4-12-25-21(28)18-11-8-16(23)14-19(18)24/h6-11,14H,2-5,12-13H2,1H3,(H,25,28)(H,26,27). The lowest BCUT2D eigenvalue weighted by molar-refractivity contribution is -0.116. The zero-order valence-electron chi connectivity index (χ0n) is 16.7. The summed E-state index contributed by atoms with van der Waals surface area (Å²) in [7, 11) is 0. The number of nitrogens with one attached hydrogen (secondary N) is 2. The van der Waals surface area contributed by atoms with Crippen molar-refractivity contribution in [3.8, 4) is 0 Å². The van der Waals surface area contributed by atoms with E-state index in [4.69, 9.17) is 4.74 Å². The van der Waals surface area contributed by atoms with Crippen LogP contribution < -0.4 is 10.6 Å². The Balaban J connectivity index is 1.71. The zero-order valence-corrected chi connectivity index (χ0v) is 16.7. The highest BCUT2D eigenvalue weighted by Crippen LogP contribution is 2.12. The van der Waals surface area contributed by atoms with Gasteiger partial charge >= 0.3 is 5.97 Å². The molecule has 0 unspecified atom stereocenters. The number of esters is 1. The van der Waals surface area contributed by atoms with E-state index in [2.05, 4.69) is 10.6 Å². The largest absolute Gasteiger partial charge is 0.462 e. The van der Waals surface area contributed by atoms with Crippen LogP contribution in [-0.2, 0) is 9.53 Å². The second-order valence-corrected chi connectivity index (χ2v) is 6.60. The second kappa shape index (κ2) is 11.6. The first-order valence-electron chi connectivity index (χ1n) is 9.71. The molecular formula is C22H24F2N2O4. The van der Waals surface area contributed by atoms with Crippen LogP contribution in [0.4, 0.5) is 14.5 Å². The van der Waals surface area contributed by atoms with E-state index in [9.17, 15) is 23.2 Å². The molecule has 2 aromatic rings. The number of carbonyl (C=O) groups excluding carboxylic acids is 3. The summed E-state index contributed by atoms with van der Waals surface area (Å²) in [6, 6.07) is 9.06.